The van der Waals surface area contributed by atoms with Crippen molar-refractivity contribution in [1.29, 1.82) is 0 Å². The number of nitrogens with two attached hydrogens (primary N) is 1. The molecule has 0 fully saturated rings. The lowest BCUT2D eigenvalue weighted by Crippen LogP contribution is -2.43. The molecule has 0 bridgehead atoms. The van der Waals surface area contributed by atoms with Gasteiger partial charge < -0.3 is 15.4 Å². The summed E-state index contributed by atoms with van der Waals surface area (Å²) in [6.07, 6.45) is 0. The number of benzene rings is 1. The number of hydrogen-bond donors (Lipinski definition) is 1. The molecule has 0 saturated heterocycles. The quantitative estimate of drug-likeness (QED) is 0.855. The van der Waals surface area contributed by atoms with Gasteiger partial charge in [-0.2, -0.15) is 0 Å². The van der Waals surface area contributed by atoms with Crippen molar-refractivity contribution in [2.24, 2.45) is 5.73 Å². The molecule has 0 aliphatic heterocycles. The molecule has 0 aliphatic carbocycles. The first-order chi connectivity index (χ1) is 7.86. The predicted octanol–water partition coefficient (Wildman–Crippen LogP) is 2.00. The molecule has 0 heterocycles. The average molecular weight is 240 g/mol. The molecule has 2 N–H and O–H groups in total. The number of halogens is 1. The van der Waals surface area contributed by atoms with Gasteiger partial charge in [0.1, 0.15) is 18.2 Å². The van der Waals surface area contributed by atoms with Gasteiger partial charge in [-0.05, 0) is 46.1 Å². The van der Waals surface area contributed by atoms with E-state index in [9.17, 15) is 4.39 Å². The van der Waals surface area contributed by atoms with Gasteiger partial charge >= 0.3 is 0 Å². The highest BCUT2D eigenvalue weighted by atomic mass is 19.1. The van der Waals surface area contributed by atoms with Crippen LogP contribution in [-0.2, 0) is 6.54 Å². The van der Waals surface area contributed by atoms with Crippen LogP contribution in [0.15, 0.2) is 18.2 Å². The Bertz CT molecular complexity index is 378. The van der Waals surface area contributed by atoms with E-state index < -0.39 is 0 Å². The summed E-state index contributed by atoms with van der Waals surface area (Å²) in [4.78, 5) is 2.08. The first kappa shape index (κ1) is 13.9. The standard InChI is InChI=1S/C13H21FN2O/c1-13(2,16(3)4)9-17-12-6-5-11(14)7-10(12)8-15/h5-7H,8-9,15H2,1-4H3. The number of rotatable bonds is 5. The summed E-state index contributed by atoms with van der Waals surface area (Å²) in [6, 6.07) is 4.43. The third-order valence-corrected chi connectivity index (χ3v) is 3.03. The summed E-state index contributed by atoms with van der Waals surface area (Å²) < 4.78 is 18.7. The minimum absolute atomic E-state index is 0.0831. The summed E-state index contributed by atoms with van der Waals surface area (Å²) in [5.74, 6) is 0.369. The maximum Gasteiger partial charge on any atom is 0.124 e. The molecule has 0 aromatic heterocycles. The molecule has 3 nitrogen and oxygen atoms in total. The van der Waals surface area contributed by atoms with Crippen LogP contribution in [0.2, 0.25) is 0 Å². The van der Waals surface area contributed by atoms with Gasteiger partial charge in [0.2, 0.25) is 0 Å². The number of likely N-dealkylation sites (N-methyl/N-ethyl adjacent to an activating group) is 1. The summed E-state index contributed by atoms with van der Waals surface area (Å²) in [5.41, 5.74) is 6.17. The van der Waals surface area contributed by atoms with E-state index in [0.717, 1.165) is 0 Å². The van der Waals surface area contributed by atoms with Crippen molar-refractivity contribution >= 4 is 0 Å². The van der Waals surface area contributed by atoms with Crippen LogP contribution in [0.25, 0.3) is 0 Å². The molecule has 4 heteroatoms. The minimum atomic E-state index is -0.287. The van der Waals surface area contributed by atoms with Crippen LogP contribution in [0, 0.1) is 5.82 Å². The van der Waals surface area contributed by atoms with Crippen LogP contribution < -0.4 is 10.5 Å². The smallest absolute Gasteiger partial charge is 0.124 e. The highest BCUT2D eigenvalue weighted by Crippen LogP contribution is 2.21. The normalized spacial score (nSPS) is 11.9. The molecule has 0 aliphatic rings. The first-order valence-corrected chi connectivity index (χ1v) is 5.65. The van der Waals surface area contributed by atoms with Gasteiger partial charge in [-0.1, -0.05) is 0 Å². The third-order valence-electron chi connectivity index (χ3n) is 3.03. The third kappa shape index (κ3) is 3.68. The lowest BCUT2D eigenvalue weighted by molar-refractivity contribution is 0.113. The Labute approximate surface area is 102 Å². The van der Waals surface area contributed by atoms with Crippen LogP contribution in [0.5, 0.6) is 5.75 Å². The highest BCUT2D eigenvalue weighted by molar-refractivity contribution is 5.33. The van der Waals surface area contributed by atoms with E-state index in [4.69, 9.17) is 10.5 Å². The maximum absolute atomic E-state index is 13.0. The SMILES string of the molecule is CN(C)C(C)(C)COc1ccc(F)cc1CN. The van der Waals surface area contributed by atoms with E-state index in [1.165, 1.54) is 12.1 Å². The van der Waals surface area contributed by atoms with Gasteiger partial charge in [-0.25, -0.2) is 4.39 Å². The Morgan fingerprint density at radius 1 is 1.35 bits per heavy atom. The van der Waals surface area contributed by atoms with Crippen LogP contribution in [-0.4, -0.2) is 31.1 Å². The zero-order chi connectivity index (χ0) is 13.1. The van der Waals surface area contributed by atoms with Crippen molar-refractivity contribution in [3.05, 3.63) is 29.6 Å². The predicted molar refractivity (Wildman–Crippen MR) is 67.6 cm³/mol. The van der Waals surface area contributed by atoms with E-state index in [0.29, 0.717) is 17.9 Å². The molecule has 17 heavy (non-hydrogen) atoms. The van der Waals surface area contributed by atoms with Gasteiger partial charge in [0.05, 0.1) is 0 Å². The Hall–Kier alpha value is -1.13. The lowest BCUT2D eigenvalue weighted by atomic mass is 10.1. The Morgan fingerprint density at radius 3 is 2.53 bits per heavy atom. The van der Waals surface area contributed by atoms with Gasteiger partial charge in [0.15, 0.2) is 0 Å². The Kier molecular flexibility index (Phi) is 4.48. The van der Waals surface area contributed by atoms with E-state index in [-0.39, 0.29) is 17.9 Å². The lowest BCUT2D eigenvalue weighted by Gasteiger charge is -2.32. The molecular weight excluding hydrogens is 219 g/mol. The van der Waals surface area contributed by atoms with Crippen molar-refractivity contribution in [3.63, 3.8) is 0 Å². The van der Waals surface area contributed by atoms with Crippen LogP contribution in [0.4, 0.5) is 4.39 Å². The number of ether oxygens (including phenoxy) is 1. The molecule has 1 aromatic carbocycles. The second kappa shape index (κ2) is 5.47. The minimum Gasteiger partial charge on any atom is -0.491 e. The van der Waals surface area contributed by atoms with E-state index in [1.807, 2.05) is 14.1 Å². The van der Waals surface area contributed by atoms with Crippen LogP contribution in [0.3, 0.4) is 0 Å². The molecule has 1 aromatic rings. The van der Waals surface area contributed by atoms with Crippen LogP contribution >= 0.6 is 0 Å². The summed E-state index contributed by atoms with van der Waals surface area (Å²) in [6.45, 7) is 4.96. The van der Waals surface area contributed by atoms with Crippen molar-refractivity contribution in [2.75, 3.05) is 20.7 Å². The first-order valence-electron chi connectivity index (χ1n) is 5.65. The molecule has 96 valence electrons. The summed E-state index contributed by atoms with van der Waals surface area (Å²) in [5, 5.41) is 0. The maximum atomic E-state index is 13.0. The molecule has 1 rings (SSSR count). The fraction of sp³-hybridized carbons (Fsp3) is 0.538. The Morgan fingerprint density at radius 2 is 2.00 bits per heavy atom. The van der Waals surface area contributed by atoms with E-state index in [2.05, 4.69) is 18.7 Å². The fourth-order valence-corrected chi connectivity index (χ4v) is 1.23. The van der Waals surface area contributed by atoms with Crippen molar-refractivity contribution in [1.82, 2.24) is 4.90 Å². The molecule has 0 atom stereocenters. The molecule has 0 unspecified atom stereocenters. The van der Waals surface area contributed by atoms with Gasteiger partial charge in [-0.15, -0.1) is 0 Å². The molecule has 0 amide bonds. The number of nitrogens with zero attached hydrogens (tertiary/aromatic N) is 1. The van der Waals surface area contributed by atoms with Gasteiger partial charge in [0.25, 0.3) is 0 Å². The van der Waals surface area contributed by atoms with Crippen molar-refractivity contribution in [3.8, 4) is 5.75 Å². The van der Waals surface area contributed by atoms with Crippen molar-refractivity contribution < 1.29 is 9.13 Å². The molecule has 0 spiro atoms. The average Bonchev–Trinajstić information content (AvgIpc) is 2.27. The van der Waals surface area contributed by atoms with E-state index in [1.54, 1.807) is 6.07 Å². The molecule has 0 radical (unpaired) electrons. The Balaban J connectivity index is 2.76. The van der Waals surface area contributed by atoms with Crippen LogP contribution in [0.1, 0.15) is 19.4 Å². The second-order valence-corrected chi connectivity index (χ2v) is 4.95. The zero-order valence-corrected chi connectivity index (χ0v) is 11.0. The highest BCUT2D eigenvalue weighted by Gasteiger charge is 2.21. The topological polar surface area (TPSA) is 38.5 Å². The van der Waals surface area contributed by atoms with Gasteiger partial charge in [-0.3, -0.25) is 0 Å². The summed E-state index contributed by atoms with van der Waals surface area (Å²) >= 11 is 0. The van der Waals surface area contributed by atoms with Crippen molar-refractivity contribution in [2.45, 2.75) is 25.9 Å². The molecule has 0 saturated carbocycles. The molecular formula is C13H21FN2O. The van der Waals surface area contributed by atoms with E-state index >= 15 is 0 Å². The monoisotopic (exact) mass is 240 g/mol. The fourth-order valence-electron chi connectivity index (χ4n) is 1.23. The second-order valence-electron chi connectivity index (χ2n) is 4.95. The number of hydrogen-bond acceptors (Lipinski definition) is 3. The largest absolute Gasteiger partial charge is 0.491 e. The zero-order valence-electron chi connectivity index (χ0n) is 11.0. The van der Waals surface area contributed by atoms with Gasteiger partial charge in [0, 0.05) is 17.6 Å². The summed E-state index contributed by atoms with van der Waals surface area (Å²) in [7, 11) is 4.00.